The maximum Gasteiger partial charge on any atom is 0.329 e. The van der Waals surface area contributed by atoms with E-state index in [1.54, 1.807) is 0 Å². The molecule has 0 amide bonds. The molecule has 0 aromatic rings. The number of carbonyl (C=O) groups is 1. The van der Waals surface area contributed by atoms with Crippen molar-refractivity contribution in [2.24, 2.45) is 0 Å². The fraction of sp³-hybridized carbons (Fsp3) is 0.824. The second kappa shape index (κ2) is 11.1. The topological polar surface area (TPSA) is 26.3 Å². The predicted molar refractivity (Wildman–Crippen MR) is 90.7 cm³/mol. The Kier molecular flexibility index (Phi) is 10.8. The summed E-state index contributed by atoms with van der Waals surface area (Å²) in [7, 11) is -1.64. The minimum absolute atomic E-state index is 0.129. The summed E-state index contributed by atoms with van der Waals surface area (Å²) in [5.41, 5.74) is 0. The third kappa shape index (κ3) is 6.25. The summed E-state index contributed by atoms with van der Waals surface area (Å²) in [6, 6.07) is 3.26. The summed E-state index contributed by atoms with van der Waals surface area (Å²) in [5.74, 6) is -0.129. The third-order valence-electron chi connectivity index (χ3n) is 4.65. The Morgan fingerprint density at radius 3 is 1.90 bits per heavy atom. The van der Waals surface area contributed by atoms with Gasteiger partial charge in [0, 0.05) is 5.20 Å². The van der Waals surface area contributed by atoms with E-state index >= 15 is 0 Å². The van der Waals surface area contributed by atoms with Gasteiger partial charge in [-0.15, -0.1) is 0 Å². The monoisotopic (exact) mass is 298 g/mol. The predicted octanol–water partition coefficient (Wildman–Crippen LogP) is 5.49. The van der Waals surface area contributed by atoms with Gasteiger partial charge in [-0.05, 0) is 6.42 Å². The van der Waals surface area contributed by atoms with Crippen molar-refractivity contribution < 1.29 is 9.53 Å². The minimum atomic E-state index is -1.64. The van der Waals surface area contributed by atoms with Gasteiger partial charge in [0.15, 0.2) is 0 Å². The van der Waals surface area contributed by atoms with E-state index in [-0.39, 0.29) is 5.97 Å². The molecular weight excluding hydrogens is 264 g/mol. The molecule has 0 saturated heterocycles. The highest BCUT2D eigenvalue weighted by atomic mass is 28.3. The molecule has 0 N–H and O–H groups in total. The molecular formula is C17H34O2Si. The summed E-state index contributed by atoms with van der Waals surface area (Å²) >= 11 is 0. The lowest BCUT2D eigenvalue weighted by atomic mass is 10.1. The standard InChI is InChI=1S/C17H34O2Si/c1-6-10-11-12-13-14-15-19-17(18)16(5)20(7-2,8-3)9-4/h5-15H2,1-4H3. The van der Waals surface area contributed by atoms with Crippen molar-refractivity contribution in [3.05, 3.63) is 11.8 Å². The number of rotatable bonds is 12. The van der Waals surface area contributed by atoms with Crippen LogP contribution >= 0.6 is 0 Å². The number of hydrogen-bond donors (Lipinski definition) is 0. The summed E-state index contributed by atoms with van der Waals surface area (Å²) in [6.07, 6.45) is 7.29. The molecule has 0 bridgehead atoms. The first-order valence-corrected chi connectivity index (χ1v) is 11.1. The number of unbranched alkanes of at least 4 members (excludes halogenated alkanes) is 5. The van der Waals surface area contributed by atoms with Gasteiger partial charge in [-0.3, -0.25) is 0 Å². The lowest BCUT2D eigenvalue weighted by Gasteiger charge is -2.28. The highest BCUT2D eigenvalue weighted by Gasteiger charge is 2.34. The zero-order valence-electron chi connectivity index (χ0n) is 14.1. The Hall–Kier alpha value is -0.573. The number of ether oxygens (including phenoxy) is 1. The normalized spacial score (nSPS) is 11.4. The van der Waals surface area contributed by atoms with Crippen LogP contribution in [-0.2, 0) is 9.53 Å². The van der Waals surface area contributed by atoms with Crippen molar-refractivity contribution in [3.63, 3.8) is 0 Å². The van der Waals surface area contributed by atoms with Gasteiger partial charge in [0.05, 0.1) is 14.7 Å². The molecule has 0 saturated carbocycles. The van der Waals surface area contributed by atoms with E-state index in [1.165, 1.54) is 25.7 Å². The van der Waals surface area contributed by atoms with Crippen LogP contribution in [0.4, 0.5) is 0 Å². The zero-order valence-corrected chi connectivity index (χ0v) is 15.1. The molecule has 0 rings (SSSR count). The summed E-state index contributed by atoms with van der Waals surface area (Å²) in [6.45, 7) is 13.4. The highest BCUT2D eigenvalue weighted by Crippen LogP contribution is 2.28. The zero-order chi connectivity index (χ0) is 15.4. The van der Waals surface area contributed by atoms with Crippen LogP contribution in [0.3, 0.4) is 0 Å². The van der Waals surface area contributed by atoms with Crippen molar-refractivity contribution in [1.29, 1.82) is 0 Å². The Morgan fingerprint density at radius 2 is 1.40 bits per heavy atom. The Bertz CT molecular complexity index is 274. The van der Waals surface area contributed by atoms with Gasteiger partial charge in [0.25, 0.3) is 0 Å². The first-order valence-electron chi connectivity index (χ1n) is 8.44. The summed E-state index contributed by atoms with van der Waals surface area (Å²) in [4.78, 5) is 12.1. The quantitative estimate of drug-likeness (QED) is 0.206. The van der Waals surface area contributed by atoms with Crippen LogP contribution in [-0.4, -0.2) is 20.7 Å². The molecule has 0 aromatic heterocycles. The van der Waals surface area contributed by atoms with Crippen LogP contribution in [0.25, 0.3) is 0 Å². The molecule has 118 valence electrons. The van der Waals surface area contributed by atoms with Gasteiger partial charge < -0.3 is 4.74 Å². The molecule has 0 spiro atoms. The molecule has 0 radical (unpaired) electrons. The van der Waals surface area contributed by atoms with E-state index < -0.39 is 8.07 Å². The number of esters is 1. The molecule has 0 atom stereocenters. The van der Waals surface area contributed by atoms with E-state index in [9.17, 15) is 4.79 Å². The third-order valence-corrected chi connectivity index (χ3v) is 10.2. The molecule has 0 aliphatic carbocycles. The number of hydrogen-bond acceptors (Lipinski definition) is 2. The molecule has 0 fully saturated rings. The van der Waals surface area contributed by atoms with Crippen LogP contribution in [0.5, 0.6) is 0 Å². The largest absolute Gasteiger partial charge is 0.463 e. The molecule has 2 nitrogen and oxygen atoms in total. The molecule has 3 heteroatoms. The van der Waals surface area contributed by atoms with Crippen LogP contribution in [0.1, 0.15) is 66.2 Å². The van der Waals surface area contributed by atoms with E-state index in [0.717, 1.165) is 36.2 Å². The van der Waals surface area contributed by atoms with Crippen molar-refractivity contribution in [2.75, 3.05) is 6.61 Å². The second-order valence-corrected chi connectivity index (χ2v) is 11.0. The maximum atomic E-state index is 12.1. The first kappa shape index (κ1) is 19.4. The molecule has 0 aliphatic heterocycles. The van der Waals surface area contributed by atoms with Crippen molar-refractivity contribution in [3.8, 4) is 0 Å². The molecule has 0 unspecified atom stereocenters. The lowest BCUT2D eigenvalue weighted by molar-refractivity contribution is -0.138. The van der Waals surface area contributed by atoms with Gasteiger partial charge in [-0.25, -0.2) is 4.79 Å². The van der Waals surface area contributed by atoms with Gasteiger partial charge in [0.2, 0.25) is 0 Å². The SMILES string of the molecule is C=C(C(=O)OCCCCCCCC)[Si](CC)(CC)CC. The molecule has 0 aromatic carbocycles. The van der Waals surface area contributed by atoms with Gasteiger partial charge in [-0.2, -0.15) is 0 Å². The van der Waals surface area contributed by atoms with Crippen molar-refractivity contribution in [2.45, 2.75) is 84.4 Å². The average Bonchev–Trinajstić information content (AvgIpc) is 2.48. The Labute approximate surface area is 127 Å². The van der Waals surface area contributed by atoms with Crippen LogP contribution in [0.2, 0.25) is 18.1 Å². The van der Waals surface area contributed by atoms with Gasteiger partial charge in [-0.1, -0.05) is 84.5 Å². The van der Waals surface area contributed by atoms with Crippen LogP contribution < -0.4 is 0 Å². The summed E-state index contributed by atoms with van der Waals surface area (Å²) < 4.78 is 5.42. The smallest absolute Gasteiger partial charge is 0.329 e. The van der Waals surface area contributed by atoms with E-state index in [2.05, 4.69) is 34.3 Å². The van der Waals surface area contributed by atoms with Crippen LogP contribution in [0, 0.1) is 0 Å². The van der Waals surface area contributed by atoms with Crippen LogP contribution in [0.15, 0.2) is 11.8 Å². The Balaban J connectivity index is 3.99. The fourth-order valence-corrected chi connectivity index (χ4v) is 6.03. The Morgan fingerprint density at radius 1 is 0.900 bits per heavy atom. The fourth-order valence-electron chi connectivity index (χ4n) is 2.74. The first-order chi connectivity index (χ1) is 9.57. The molecule has 20 heavy (non-hydrogen) atoms. The summed E-state index contributed by atoms with van der Waals surface area (Å²) in [5, 5.41) is 0.802. The van der Waals surface area contributed by atoms with Crippen molar-refractivity contribution in [1.82, 2.24) is 0 Å². The van der Waals surface area contributed by atoms with E-state index in [0.29, 0.717) is 6.61 Å². The lowest BCUT2D eigenvalue weighted by Crippen LogP contribution is -2.38. The molecule has 0 heterocycles. The molecule has 0 aliphatic rings. The second-order valence-electron chi connectivity index (χ2n) is 5.72. The number of carbonyl (C=O) groups excluding carboxylic acids is 1. The van der Waals surface area contributed by atoms with Gasteiger partial charge in [0.1, 0.15) is 0 Å². The van der Waals surface area contributed by atoms with Gasteiger partial charge >= 0.3 is 5.97 Å². The van der Waals surface area contributed by atoms with Crippen molar-refractivity contribution >= 4 is 14.0 Å². The maximum absolute atomic E-state index is 12.1. The van der Waals surface area contributed by atoms with E-state index in [1.807, 2.05) is 0 Å². The van der Waals surface area contributed by atoms with E-state index in [4.69, 9.17) is 4.74 Å². The highest BCUT2D eigenvalue weighted by molar-refractivity contribution is 6.89. The minimum Gasteiger partial charge on any atom is -0.463 e. The average molecular weight is 299 g/mol.